The number of pyridine rings is 1. The number of nitrogens with zero attached hydrogens (tertiary/aromatic N) is 3. The van der Waals surface area contributed by atoms with Crippen LogP contribution in [0.5, 0.6) is 5.75 Å². The molecule has 2 aliphatic heterocycles. The van der Waals surface area contributed by atoms with Crippen molar-refractivity contribution < 1.29 is 29.1 Å². The largest absolute Gasteiger partial charge is 0.489 e. The number of nitrogens with one attached hydrogen (secondary N) is 2. The summed E-state index contributed by atoms with van der Waals surface area (Å²) < 4.78 is 11.4. The molecule has 2 fully saturated rings. The van der Waals surface area contributed by atoms with Crippen LogP contribution in [0.2, 0.25) is 0 Å². The number of hydrogen-bond donors (Lipinski definition) is 3. The van der Waals surface area contributed by atoms with E-state index in [0.29, 0.717) is 63.7 Å². The molecule has 3 amide bonds. The Morgan fingerprint density at radius 1 is 1.07 bits per heavy atom. The van der Waals surface area contributed by atoms with Gasteiger partial charge in [-0.25, -0.2) is 5.48 Å². The van der Waals surface area contributed by atoms with Gasteiger partial charge in [-0.15, -0.1) is 0 Å². The third-order valence-corrected chi connectivity index (χ3v) is 7.89. The molecule has 3 heterocycles. The predicted octanol–water partition coefficient (Wildman–Crippen LogP) is 2.30. The molecule has 5 rings (SSSR count). The smallest absolute Gasteiger partial charge is 0.251 e. The molecule has 2 aromatic carbocycles. The summed E-state index contributed by atoms with van der Waals surface area (Å²) in [6.45, 7) is 5.82. The Balaban J connectivity index is 1.21. The van der Waals surface area contributed by atoms with Gasteiger partial charge in [-0.2, -0.15) is 0 Å². The van der Waals surface area contributed by atoms with Crippen LogP contribution >= 0.6 is 0 Å². The molecule has 222 valence electrons. The average molecular weight is 576 g/mol. The molecule has 2 aliphatic rings. The zero-order valence-corrected chi connectivity index (χ0v) is 23.8. The van der Waals surface area contributed by atoms with Crippen LogP contribution < -0.4 is 15.5 Å². The molecule has 2 atom stereocenters. The van der Waals surface area contributed by atoms with Crippen LogP contribution in [0, 0.1) is 12.8 Å². The second-order valence-corrected chi connectivity index (χ2v) is 10.8. The lowest BCUT2D eigenvalue weighted by molar-refractivity contribution is -0.137. The summed E-state index contributed by atoms with van der Waals surface area (Å²) in [6, 6.07) is 16.5. The monoisotopic (exact) mass is 575 g/mol. The van der Waals surface area contributed by atoms with Crippen molar-refractivity contribution in [2.45, 2.75) is 32.4 Å². The Labute approximate surface area is 244 Å². The van der Waals surface area contributed by atoms with Crippen molar-refractivity contribution >= 4 is 28.6 Å². The van der Waals surface area contributed by atoms with Gasteiger partial charge < -0.3 is 19.7 Å². The number of aromatic nitrogens is 1. The second kappa shape index (κ2) is 13.7. The number of aryl methyl sites for hydroxylation is 1. The highest BCUT2D eigenvalue weighted by Gasteiger charge is 2.33. The van der Waals surface area contributed by atoms with Crippen molar-refractivity contribution in [2.75, 3.05) is 45.9 Å². The number of hydrogen-bond acceptors (Lipinski definition) is 8. The van der Waals surface area contributed by atoms with Gasteiger partial charge in [0.25, 0.3) is 5.91 Å². The summed E-state index contributed by atoms with van der Waals surface area (Å²) in [7, 11) is 0. The summed E-state index contributed by atoms with van der Waals surface area (Å²) in [6.07, 6.45) is 0.674. The number of hydroxylamine groups is 1. The number of fused-ring (bicyclic) bond motifs is 1. The van der Waals surface area contributed by atoms with Gasteiger partial charge in [0, 0.05) is 54.3 Å². The lowest BCUT2D eigenvalue weighted by atomic mass is 9.88. The molecular weight excluding hydrogens is 538 g/mol. The number of amides is 3. The van der Waals surface area contributed by atoms with Crippen LogP contribution in [0.15, 0.2) is 54.6 Å². The van der Waals surface area contributed by atoms with E-state index < -0.39 is 5.91 Å². The van der Waals surface area contributed by atoms with Crippen LogP contribution in [-0.2, 0) is 20.9 Å². The third kappa shape index (κ3) is 7.41. The second-order valence-electron chi connectivity index (χ2n) is 10.8. The molecule has 0 unspecified atom stereocenters. The fourth-order valence-electron chi connectivity index (χ4n) is 5.64. The van der Waals surface area contributed by atoms with Crippen LogP contribution in [0.25, 0.3) is 10.9 Å². The van der Waals surface area contributed by atoms with E-state index in [1.165, 1.54) is 0 Å². The Hall–Kier alpha value is -4.06. The van der Waals surface area contributed by atoms with Gasteiger partial charge in [0.2, 0.25) is 11.8 Å². The van der Waals surface area contributed by atoms with Crippen LogP contribution in [-0.4, -0.2) is 89.7 Å². The van der Waals surface area contributed by atoms with Gasteiger partial charge >= 0.3 is 0 Å². The highest BCUT2D eigenvalue weighted by Crippen LogP contribution is 2.24. The number of ether oxygens (including phenoxy) is 2. The Kier molecular flexibility index (Phi) is 9.63. The molecule has 3 N–H and O–H groups in total. The van der Waals surface area contributed by atoms with Gasteiger partial charge in [-0.1, -0.05) is 18.2 Å². The minimum atomic E-state index is -0.504. The summed E-state index contributed by atoms with van der Waals surface area (Å²) in [5.41, 5.74) is 5.02. The highest BCUT2D eigenvalue weighted by atomic mass is 16.5. The molecule has 2 saturated heterocycles. The molecule has 1 aromatic heterocycles. The summed E-state index contributed by atoms with van der Waals surface area (Å²) in [4.78, 5) is 46.4. The Morgan fingerprint density at radius 2 is 1.83 bits per heavy atom. The van der Waals surface area contributed by atoms with Gasteiger partial charge in [-0.05, 0) is 62.2 Å². The van der Waals surface area contributed by atoms with E-state index in [1.807, 2.05) is 42.2 Å². The van der Waals surface area contributed by atoms with Crippen molar-refractivity contribution in [2.24, 2.45) is 5.92 Å². The third-order valence-electron chi connectivity index (χ3n) is 7.89. The van der Waals surface area contributed by atoms with E-state index in [9.17, 15) is 14.4 Å². The van der Waals surface area contributed by atoms with Gasteiger partial charge in [0.15, 0.2) is 0 Å². The van der Waals surface area contributed by atoms with Crippen molar-refractivity contribution in [3.63, 3.8) is 0 Å². The fraction of sp³-hybridized carbons (Fsp3) is 0.419. The van der Waals surface area contributed by atoms with Crippen molar-refractivity contribution in [3.05, 3.63) is 71.4 Å². The number of likely N-dealkylation sites (tertiary alicyclic amines) is 1. The normalized spacial score (nSPS) is 19.3. The molecule has 11 nitrogen and oxygen atoms in total. The lowest BCUT2D eigenvalue weighted by Crippen LogP contribution is -2.55. The first-order chi connectivity index (χ1) is 20.4. The maximum Gasteiger partial charge on any atom is 0.251 e. The number of carbonyl (C=O) groups is 3. The van der Waals surface area contributed by atoms with E-state index >= 15 is 0 Å². The number of carbonyl (C=O) groups excluding carboxylic acids is 3. The number of piperidine rings is 1. The first kappa shape index (κ1) is 29.4. The molecule has 42 heavy (non-hydrogen) atoms. The number of para-hydroxylation sites is 1. The van der Waals surface area contributed by atoms with E-state index in [2.05, 4.69) is 10.3 Å². The lowest BCUT2D eigenvalue weighted by Gasteiger charge is -2.39. The first-order valence-corrected chi connectivity index (χ1v) is 14.3. The molecule has 0 bridgehead atoms. The summed E-state index contributed by atoms with van der Waals surface area (Å²) in [5, 5.41) is 13.2. The van der Waals surface area contributed by atoms with Gasteiger partial charge in [-0.3, -0.25) is 29.5 Å². The highest BCUT2D eigenvalue weighted by molar-refractivity contribution is 5.94. The van der Waals surface area contributed by atoms with Crippen molar-refractivity contribution in [1.82, 2.24) is 25.6 Å². The number of morpholine rings is 1. The minimum Gasteiger partial charge on any atom is -0.489 e. The van der Waals surface area contributed by atoms with E-state index in [-0.39, 0.29) is 36.7 Å². The summed E-state index contributed by atoms with van der Waals surface area (Å²) in [5.74, 6) is -0.306. The zero-order valence-electron chi connectivity index (χ0n) is 23.8. The fourth-order valence-corrected chi connectivity index (χ4v) is 5.64. The standard InChI is InChI=1S/C31H37N5O6/c1-21-16-24(26-4-2-3-5-27(26)32-21)20-42-25-8-6-22(7-9-25)31(39)33-28-18-35(11-10-23(28)17-29(37)34-40)19-30(38)36-12-14-41-15-13-36/h2-9,16,23,28,40H,10-15,17-20H2,1H3,(H,33,39)(H,34,37)/t23-,28+/m0/s1. The Morgan fingerprint density at radius 3 is 2.60 bits per heavy atom. The molecule has 11 heteroatoms. The van der Waals surface area contributed by atoms with Crippen molar-refractivity contribution in [3.8, 4) is 5.75 Å². The first-order valence-electron chi connectivity index (χ1n) is 14.3. The molecule has 0 aliphatic carbocycles. The Bertz CT molecular complexity index is 1410. The van der Waals surface area contributed by atoms with Crippen molar-refractivity contribution in [1.29, 1.82) is 0 Å². The molecular formula is C31H37N5O6. The van der Waals surface area contributed by atoms with Gasteiger partial charge in [0.1, 0.15) is 12.4 Å². The quantitative estimate of drug-likeness (QED) is 0.262. The van der Waals surface area contributed by atoms with E-state index in [4.69, 9.17) is 14.7 Å². The van der Waals surface area contributed by atoms with E-state index in [0.717, 1.165) is 22.2 Å². The molecule has 0 saturated carbocycles. The van der Waals surface area contributed by atoms with E-state index in [1.54, 1.807) is 34.6 Å². The number of benzene rings is 2. The predicted molar refractivity (Wildman–Crippen MR) is 155 cm³/mol. The van der Waals surface area contributed by atoms with Crippen LogP contribution in [0.1, 0.15) is 34.5 Å². The minimum absolute atomic E-state index is 0.0282. The van der Waals surface area contributed by atoms with Crippen LogP contribution in [0.4, 0.5) is 0 Å². The SMILES string of the molecule is Cc1cc(COc2ccc(C(=O)N[C@@H]3CN(CC(=O)N4CCOCC4)CC[C@H]3CC(=O)NO)cc2)c2ccccc2n1. The number of rotatable bonds is 9. The molecule has 3 aromatic rings. The summed E-state index contributed by atoms with van der Waals surface area (Å²) >= 11 is 0. The average Bonchev–Trinajstić information content (AvgIpc) is 3.01. The molecule has 0 radical (unpaired) electrons. The van der Waals surface area contributed by atoms with Gasteiger partial charge in [0.05, 0.1) is 25.3 Å². The topological polar surface area (TPSA) is 133 Å². The maximum absolute atomic E-state index is 13.2. The molecule has 0 spiro atoms. The maximum atomic E-state index is 13.2. The van der Waals surface area contributed by atoms with Crippen LogP contribution in [0.3, 0.4) is 0 Å². The zero-order chi connectivity index (χ0) is 29.5.